The molecule has 0 fully saturated rings. The van der Waals surface area contributed by atoms with E-state index in [1.54, 1.807) is 48.6 Å². The number of phenols is 2. The molecule has 0 saturated carbocycles. The maximum absolute atomic E-state index is 9.88. The first-order chi connectivity index (χ1) is 10.1. The van der Waals surface area contributed by atoms with E-state index in [1.165, 1.54) is 0 Å². The van der Waals surface area contributed by atoms with Crippen molar-refractivity contribution in [3.05, 3.63) is 72.8 Å². The number of benzene rings is 2. The highest BCUT2D eigenvalue weighted by Gasteiger charge is 2.09. The predicted octanol–water partition coefficient (Wildman–Crippen LogP) is 4.35. The summed E-state index contributed by atoms with van der Waals surface area (Å²) in [6.45, 7) is 7.37. The Hall–Kier alpha value is -2.68. The number of aromatic hydroxyl groups is 2. The first kappa shape index (κ1) is 14.7. The zero-order chi connectivity index (χ0) is 15.2. The molecule has 2 N–H and O–H groups in total. The molecule has 0 atom stereocenters. The number of ether oxygens (including phenoxy) is 1. The van der Waals surface area contributed by atoms with E-state index < -0.39 is 0 Å². The van der Waals surface area contributed by atoms with Gasteiger partial charge < -0.3 is 14.9 Å². The van der Waals surface area contributed by atoms with Crippen LogP contribution in [0.1, 0.15) is 11.1 Å². The normalized spacial score (nSPS) is 10.1. The molecular formula is C18H18O3. The van der Waals surface area contributed by atoms with Gasteiger partial charge in [-0.3, -0.25) is 0 Å². The minimum absolute atomic E-state index is 0.0244. The van der Waals surface area contributed by atoms with Crippen LogP contribution in [0.15, 0.2) is 61.7 Å². The Morgan fingerprint density at radius 3 is 1.62 bits per heavy atom. The maximum Gasteiger partial charge on any atom is 0.169 e. The van der Waals surface area contributed by atoms with Gasteiger partial charge in [0.1, 0.15) is 0 Å². The molecule has 2 aromatic carbocycles. The van der Waals surface area contributed by atoms with Crippen LogP contribution in [0.4, 0.5) is 0 Å². The summed E-state index contributed by atoms with van der Waals surface area (Å²) in [5.41, 5.74) is 1.94. The first-order valence-corrected chi connectivity index (χ1v) is 6.67. The van der Waals surface area contributed by atoms with Crippen LogP contribution in [0.5, 0.6) is 23.0 Å². The van der Waals surface area contributed by atoms with E-state index in [2.05, 4.69) is 13.2 Å². The second kappa shape index (κ2) is 6.66. The van der Waals surface area contributed by atoms with Crippen molar-refractivity contribution in [3.8, 4) is 23.0 Å². The summed E-state index contributed by atoms with van der Waals surface area (Å²) >= 11 is 0. The number of hydrogen-bond donors (Lipinski definition) is 2. The molecule has 0 aromatic heterocycles. The lowest BCUT2D eigenvalue weighted by atomic mass is 10.1. The molecule has 3 heteroatoms. The van der Waals surface area contributed by atoms with E-state index in [0.717, 1.165) is 11.1 Å². The average molecular weight is 282 g/mol. The van der Waals surface area contributed by atoms with Crippen LogP contribution in [-0.4, -0.2) is 10.2 Å². The van der Waals surface area contributed by atoms with Gasteiger partial charge in [0, 0.05) is 0 Å². The second-order valence-corrected chi connectivity index (χ2v) is 4.69. The van der Waals surface area contributed by atoms with Crippen molar-refractivity contribution >= 4 is 0 Å². The smallest absolute Gasteiger partial charge is 0.169 e. The van der Waals surface area contributed by atoms with Crippen molar-refractivity contribution in [2.24, 2.45) is 0 Å². The van der Waals surface area contributed by atoms with Crippen molar-refractivity contribution < 1.29 is 14.9 Å². The van der Waals surface area contributed by atoms with E-state index in [-0.39, 0.29) is 11.5 Å². The highest BCUT2D eigenvalue weighted by Crippen LogP contribution is 2.36. The Kier molecular flexibility index (Phi) is 4.67. The second-order valence-electron chi connectivity index (χ2n) is 4.69. The Morgan fingerprint density at radius 1 is 0.810 bits per heavy atom. The van der Waals surface area contributed by atoms with E-state index in [4.69, 9.17) is 4.74 Å². The predicted molar refractivity (Wildman–Crippen MR) is 84.1 cm³/mol. The molecule has 0 saturated heterocycles. The number of hydrogen-bond acceptors (Lipinski definition) is 3. The van der Waals surface area contributed by atoms with Gasteiger partial charge in [0.2, 0.25) is 0 Å². The summed E-state index contributed by atoms with van der Waals surface area (Å²) in [6.07, 6.45) is 4.91. The van der Waals surface area contributed by atoms with Gasteiger partial charge in [-0.05, 0) is 48.2 Å². The molecule has 0 heterocycles. The quantitative estimate of drug-likeness (QED) is 0.774. The highest BCUT2D eigenvalue weighted by atomic mass is 16.5. The molecule has 0 amide bonds. The largest absolute Gasteiger partial charge is 0.504 e. The third-order valence-corrected chi connectivity index (χ3v) is 3.03. The Morgan fingerprint density at radius 2 is 1.24 bits per heavy atom. The van der Waals surface area contributed by atoms with Crippen LogP contribution < -0.4 is 4.74 Å². The molecule has 0 unspecified atom stereocenters. The van der Waals surface area contributed by atoms with Gasteiger partial charge in [0.15, 0.2) is 23.0 Å². The maximum atomic E-state index is 9.88. The van der Waals surface area contributed by atoms with Crippen LogP contribution in [0.2, 0.25) is 0 Å². The van der Waals surface area contributed by atoms with Crippen LogP contribution in [0, 0.1) is 0 Å². The molecule has 0 radical (unpaired) electrons. The van der Waals surface area contributed by atoms with Gasteiger partial charge in [-0.25, -0.2) is 0 Å². The van der Waals surface area contributed by atoms with Crippen LogP contribution in [-0.2, 0) is 12.8 Å². The standard InChI is InChI=1S/C18H18O3/c1-3-5-13-7-9-15(19)17(11-13)21-18-12-14(6-4-2)8-10-16(18)20/h3-4,7-12,19-20H,1-2,5-6H2. The minimum Gasteiger partial charge on any atom is -0.504 e. The lowest BCUT2D eigenvalue weighted by Gasteiger charge is -2.11. The summed E-state index contributed by atoms with van der Waals surface area (Å²) in [5.74, 6) is 0.661. The number of rotatable bonds is 6. The van der Waals surface area contributed by atoms with Gasteiger partial charge >= 0.3 is 0 Å². The first-order valence-electron chi connectivity index (χ1n) is 6.67. The molecule has 0 bridgehead atoms. The van der Waals surface area contributed by atoms with E-state index in [1.807, 2.05) is 0 Å². The molecule has 2 aromatic rings. The fourth-order valence-corrected chi connectivity index (χ4v) is 1.99. The fraction of sp³-hybridized carbons (Fsp3) is 0.111. The van der Waals surface area contributed by atoms with Crippen LogP contribution in [0.25, 0.3) is 0 Å². The fourth-order valence-electron chi connectivity index (χ4n) is 1.99. The third-order valence-electron chi connectivity index (χ3n) is 3.03. The van der Waals surface area contributed by atoms with Crippen LogP contribution in [0.3, 0.4) is 0 Å². The third kappa shape index (κ3) is 3.66. The average Bonchev–Trinajstić information content (AvgIpc) is 2.46. The van der Waals surface area contributed by atoms with E-state index in [0.29, 0.717) is 24.3 Å². The van der Waals surface area contributed by atoms with Gasteiger partial charge in [-0.2, -0.15) is 0 Å². The Labute approximate surface area is 124 Å². The molecule has 0 aliphatic rings. The zero-order valence-electron chi connectivity index (χ0n) is 11.7. The molecule has 0 spiro atoms. The Bertz CT molecular complexity index is 602. The lowest BCUT2D eigenvalue weighted by molar-refractivity contribution is 0.384. The number of phenolic OH excluding ortho intramolecular Hbond substituents is 2. The van der Waals surface area contributed by atoms with Gasteiger partial charge in [-0.15, -0.1) is 13.2 Å². The molecular weight excluding hydrogens is 264 g/mol. The molecule has 108 valence electrons. The lowest BCUT2D eigenvalue weighted by Crippen LogP contribution is -1.90. The molecule has 0 aliphatic carbocycles. The molecule has 21 heavy (non-hydrogen) atoms. The SMILES string of the molecule is C=CCc1ccc(O)c(Oc2cc(CC=C)ccc2O)c1. The van der Waals surface area contributed by atoms with Crippen molar-refractivity contribution in [3.63, 3.8) is 0 Å². The van der Waals surface area contributed by atoms with E-state index >= 15 is 0 Å². The van der Waals surface area contributed by atoms with Gasteiger partial charge in [0.05, 0.1) is 0 Å². The molecule has 2 rings (SSSR count). The highest BCUT2D eigenvalue weighted by molar-refractivity contribution is 5.49. The van der Waals surface area contributed by atoms with Gasteiger partial charge in [-0.1, -0.05) is 24.3 Å². The molecule has 3 nitrogen and oxygen atoms in total. The summed E-state index contributed by atoms with van der Waals surface area (Å²) in [6, 6.07) is 10.2. The summed E-state index contributed by atoms with van der Waals surface area (Å²) in [7, 11) is 0. The summed E-state index contributed by atoms with van der Waals surface area (Å²) < 4.78 is 5.65. The molecule has 0 aliphatic heterocycles. The van der Waals surface area contributed by atoms with Gasteiger partial charge in [0.25, 0.3) is 0 Å². The summed E-state index contributed by atoms with van der Waals surface area (Å²) in [4.78, 5) is 0. The topological polar surface area (TPSA) is 49.7 Å². The van der Waals surface area contributed by atoms with Crippen molar-refractivity contribution in [2.45, 2.75) is 12.8 Å². The van der Waals surface area contributed by atoms with Crippen molar-refractivity contribution in [2.75, 3.05) is 0 Å². The van der Waals surface area contributed by atoms with Crippen molar-refractivity contribution in [1.82, 2.24) is 0 Å². The zero-order valence-corrected chi connectivity index (χ0v) is 11.7. The van der Waals surface area contributed by atoms with Crippen molar-refractivity contribution in [1.29, 1.82) is 0 Å². The monoisotopic (exact) mass is 282 g/mol. The van der Waals surface area contributed by atoms with E-state index in [9.17, 15) is 10.2 Å². The minimum atomic E-state index is 0.0244. The van der Waals surface area contributed by atoms with Crippen LogP contribution >= 0.6 is 0 Å². The number of allylic oxidation sites excluding steroid dienone is 2. The Balaban J connectivity index is 2.32. The summed E-state index contributed by atoms with van der Waals surface area (Å²) in [5, 5.41) is 19.8.